The quantitative estimate of drug-likeness (QED) is 0.255. The molecule has 6 heteroatoms. The van der Waals surface area contributed by atoms with Gasteiger partial charge in [0.25, 0.3) is 0 Å². The number of nitrogens with one attached hydrogen (secondary N) is 2. The lowest BCUT2D eigenvalue weighted by Crippen LogP contribution is -2.41. The molecule has 1 unspecified atom stereocenters. The molecule has 0 spiro atoms. The molecule has 1 saturated heterocycles. The average molecular weight is 488 g/mol. The third-order valence-electron chi connectivity index (χ3n) is 4.41. The summed E-state index contributed by atoms with van der Waals surface area (Å²) < 4.78 is 5.93. The maximum absolute atomic E-state index is 5.93. The number of aliphatic imine (C=N–C) groups is 1. The van der Waals surface area contributed by atoms with E-state index in [1.54, 1.807) is 0 Å². The highest BCUT2D eigenvalue weighted by atomic mass is 127. The predicted octanol–water partition coefficient (Wildman–Crippen LogP) is 3.50. The van der Waals surface area contributed by atoms with E-state index in [9.17, 15) is 0 Å². The Labute approximate surface area is 182 Å². The highest BCUT2D eigenvalue weighted by molar-refractivity contribution is 14.0. The molecule has 0 saturated carbocycles. The van der Waals surface area contributed by atoms with Crippen LogP contribution in [0.3, 0.4) is 0 Å². The third kappa shape index (κ3) is 9.76. The largest absolute Gasteiger partial charge is 0.376 e. The normalized spacial score (nSPS) is 17.7. The Morgan fingerprint density at radius 1 is 1.26 bits per heavy atom. The summed E-state index contributed by atoms with van der Waals surface area (Å²) >= 11 is 0. The summed E-state index contributed by atoms with van der Waals surface area (Å²) in [5.41, 5.74) is 1.38. The number of hydrogen-bond acceptors (Lipinski definition) is 3. The molecule has 1 aromatic carbocycles. The number of likely N-dealkylation sites (tertiary alicyclic amines) is 1. The summed E-state index contributed by atoms with van der Waals surface area (Å²) in [6, 6.07) is 10.4. The van der Waals surface area contributed by atoms with Crippen molar-refractivity contribution in [3.63, 3.8) is 0 Å². The lowest BCUT2D eigenvalue weighted by atomic mass is 10.1. The van der Waals surface area contributed by atoms with Crippen LogP contribution in [-0.2, 0) is 11.3 Å². The van der Waals surface area contributed by atoms with Crippen LogP contribution in [0.5, 0.6) is 0 Å². The predicted molar refractivity (Wildman–Crippen MR) is 125 cm³/mol. The first-order chi connectivity index (χ1) is 12.5. The Balaban J connectivity index is 0.00000364. The molecular formula is C21H37IN4O. The second-order valence-electron chi connectivity index (χ2n) is 8.01. The first-order valence-corrected chi connectivity index (χ1v) is 9.88. The van der Waals surface area contributed by atoms with E-state index in [-0.39, 0.29) is 29.5 Å². The van der Waals surface area contributed by atoms with Gasteiger partial charge in [-0.3, -0.25) is 4.99 Å². The fourth-order valence-electron chi connectivity index (χ4n) is 3.10. The number of halogens is 1. The Bertz CT molecular complexity index is 545. The maximum atomic E-state index is 5.93. The minimum atomic E-state index is 0. The van der Waals surface area contributed by atoms with Crippen LogP contribution in [0.15, 0.2) is 35.3 Å². The summed E-state index contributed by atoms with van der Waals surface area (Å²) in [4.78, 5) is 7.16. The summed E-state index contributed by atoms with van der Waals surface area (Å²) in [6.07, 6.45) is 1.17. The molecule has 5 nitrogen and oxygen atoms in total. The van der Waals surface area contributed by atoms with Gasteiger partial charge in [-0.15, -0.1) is 24.0 Å². The number of benzene rings is 1. The van der Waals surface area contributed by atoms with Gasteiger partial charge in [-0.2, -0.15) is 0 Å². The number of hydrogen-bond donors (Lipinski definition) is 2. The topological polar surface area (TPSA) is 48.9 Å². The molecule has 2 N–H and O–H groups in total. The van der Waals surface area contributed by atoms with Crippen molar-refractivity contribution in [3.05, 3.63) is 35.9 Å². The van der Waals surface area contributed by atoms with Crippen molar-refractivity contribution in [1.29, 1.82) is 0 Å². The van der Waals surface area contributed by atoms with Gasteiger partial charge in [-0.25, -0.2) is 0 Å². The molecule has 0 aromatic heterocycles. The standard InChI is InChI=1S/C21H36N4O.HI/c1-5-22-20(23-12-13-24-21(2,3)4)25-14-11-19(15-25)17-26-16-18-9-7-6-8-10-18;/h6-10,19,24H,5,11-17H2,1-4H3,(H,22,23);1H. The number of nitrogens with zero attached hydrogens (tertiary/aromatic N) is 2. The van der Waals surface area contributed by atoms with Crippen molar-refractivity contribution in [3.8, 4) is 0 Å². The van der Waals surface area contributed by atoms with E-state index in [2.05, 4.69) is 67.5 Å². The maximum Gasteiger partial charge on any atom is 0.193 e. The molecule has 0 bridgehead atoms. The van der Waals surface area contributed by atoms with Crippen LogP contribution < -0.4 is 10.6 Å². The van der Waals surface area contributed by atoms with E-state index in [1.165, 1.54) is 12.0 Å². The monoisotopic (exact) mass is 488 g/mol. The van der Waals surface area contributed by atoms with E-state index in [1.807, 2.05) is 6.07 Å². The zero-order chi connectivity index (χ0) is 18.8. The zero-order valence-corrected chi connectivity index (χ0v) is 19.7. The second-order valence-corrected chi connectivity index (χ2v) is 8.01. The number of ether oxygens (including phenoxy) is 1. The third-order valence-corrected chi connectivity index (χ3v) is 4.41. The van der Waals surface area contributed by atoms with Gasteiger partial charge in [0.1, 0.15) is 0 Å². The van der Waals surface area contributed by atoms with Crippen molar-refractivity contribution in [2.24, 2.45) is 10.9 Å². The fourth-order valence-corrected chi connectivity index (χ4v) is 3.10. The summed E-state index contributed by atoms with van der Waals surface area (Å²) in [5, 5.41) is 6.92. The molecule has 1 fully saturated rings. The first kappa shape index (κ1) is 24.2. The Morgan fingerprint density at radius 2 is 2.00 bits per heavy atom. The number of guanidine groups is 1. The lowest BCUT2D eigenvalue weighted by Gasteiger charge is -2.23. The van der Waals surface area contributed by atoms with Crippen LogP contribution in [-0.4, -0.2) is 55.7 Å². The molecular weight excluding hydrogens is 451 g/mol. The van der Waals surface area contributed by atoms with E-state index in [0.29, 0.717) is 12.5 Å². The van der Waals surface area contributed by atoms with Gasteiger partial charge < -0.3 is 20.3 Å². The minimum absolute atomic E-state index is 0. The lowest BCUT2D eigenvalue weighted by molar-refractivity contribution is 0.0907. The minimum Gasteiger partial charge on any atom is -0.376 e. The zero-order valence-electron chi connectivity index (χ0n) is 17.3. The van der Waals surface area contributed by atoms with Crippen LogP contribution >= 0.6 is 24.0 Å². The average Bonchev–Trinajstić information content (AvgIpc) is 3.06. The summed E-state index contributed by atoms with van der Waals surface area (Å²) in [5.74, 6) is 1.61. The Kier molecular flexibility index (Phi) is 11.3. The van der Waals surface area contributed by atoms with Crippen molar-refractivity contribution in [2.75, 3.05) is 39.3 Å². The van der Waals surface area contributed by atoms with Crippen LogP contribution in [0, 0.1) is 5.92 Å². The fraction of sp³-hybridized carbons (Fsp3) is 0.667. The van der Waals surface area contributed by atoms with Gasteiger partial charge in [-0.05, 0) is 39.7 Å². The molecule has 1 aliphatic heterocycles. The van der Waals surface area contributed by atoms with Gasteiger partial charge in [0.2, 0.25) is 0 Å². The van der Waals surface area contributed by atoms with E-state index >= 15 is 0 Å². The van der Waals surface area contributed by atoms with Gasteiger partial charge in [0, 0.05) is 37.6 Å². The summed E-state index contributed by atoms with van der Waals surface area (Å²) in [7, 11) is 0. The van der Waals surface area contributed by atoms with Gasteiger partial charge in [0.05, 0.1) is 19.8 Å². The van der Waals surface area contributed by atoms with Crippen LogP contribution in [0.2, 0.25) is 0 Å². The van der Waals surface area contributed by atoms with Gasteiger partial charge in [-0.1, -0.05) is 30.3 Å². The van der Waals surface area contributed by atoms with Gasteiger partial charge >= 0.3 is 0 Å². The molecule has 1 atom stereocenters. The van der Waals surface area contributed by atoms with Crippen molar-refractivity contribution in [1.82, 2.24) is 15.5 Å². The van der Waals surface area contributed by atoms with E-state index < -0.39 is 0 Å². The number of rotatable bonds is 8. The highest BCUT2D eigenvalue weighted by Gasteiger charge is 2.25. The van der Waals surface area contributed by atoms with E-state index in [4.69, 9.17) is 9.73 Å². The molecule has 2 rings (SSSR count). The Morgan fingerprint density at radius 3 is 2.67 bits per heavy atom. The van der Waals surface area contributed by atoms with Crippen LogP contribution in [0.4, 0.5) is 0 Å². The summed E-state index contributed by atoms with van der Waals surface area (Å²) in [6.45, 7) is 14.9. The molecule has 154 valence electrons. The van der Waals surface area contributed by atoms with Crippen molar-refractivity contribution < 1.29 is 4.74 Å². The van der Waals surface area contributed by atoms with Crippen molar-refractivity contribution in [2.45, 2.75) is 46.3 Å². The molecule has 0 aliphatic carbocycles. The molecule has 0 amide bonds. The highest BCUT2D eigenvalue weighted by Crippen LogP contribution is 2.17. The van der Waals surface area contributed by atoms with Crippen LogP contribution in [0.1, 0.15) is 39.7 Å². The molecule has 27 heavy (non-hydrogen) atoms. The molecule has 1 aromatic rings. The van der Waals surface area contributed by atoms with Crippen molar-refractivity contribution >= 4 is 29.9 Å². The molecule has 1 heterocycles. The molecule has 0 radical (unpaired) electrons. The van der Waals surface area contributed by atoms with Crippen LogP contribution in [0.25, 0.3) is 0 Å². The smallest absolute Gasteiger partial charge is 0.193 e. The SMILES string of the molecule is CCNC(=NCCNC(C)(C)C)N1CCC(COCc2ccccc2)C1.I. The van der Waals surface area contributed by atoms with E-state index in [0.717, 1.165) is 45.3 Å². The molecule has 1 aliphatic rings. The van der Waals surface area contributed by atoms with Gasteiger partial charge in [0.15, 0.2) is 5.96 Å². The Hall–Kier alpha value is -0.860. The first-order valence-electron chi connectivity index (χ1n) is 9.88. The second kappa shape index (κ2) is 12.6.